The molecule has 1 aliphatic heterocycles. The Morgan fingerprint density at radius 3 is 2.33 bits per heavy atom. The van der Waals surface area contributed by atoms with Crippen LogP contribution in [0.4, 0.5) is 4.79 Å². The third kappa shape index (κ3) is 5.00. The van der Waals surface area contributed by atoms with Crippen LogP contribution in [0.5, 0.6) is 0 Å². The highest BCUT2D eigenvalue weighted by molar-refractivity contribution is 7.86. The van der Waals surface area contributed by atoms with Gasteiger partial charge in [-0.05, 0) is 18.4 Å². The minimum Gasteiger partial charge on any atom is -0.445 e. The molecule has 0 radical (unpaired) electrons. The molecule has 0 unspecified atom stereocenters. The van der Waals surface area contributed by atoms with Crippen molar-refractivity contribution in [1.29, 1.82) is 0 Å². The first-order valence-electron chi connectivity index (χ1n) is 9.67. The standard InChI is InChI=1S/C19H29N3O4S/c1-20(18-10-6-3-7-11-18)27(24,25)22-14-12-21(13-15-22)19(23)26-16-17-8-4-2-5-9-17/h2,4-5,8-9,18H,3,6-7,10-16H2,1H3. The van der Waals surface area contributed by atoms with Crippen LogP contribution in [0.25, 0.3) is 0 Å². The lowest BCUT2D eigenvalue weighted by Crippen LogP contribution is -2.55. The Kier molecular flexibility index (Phi) is 6.73. The highest BCUT2D eigenvalue weighted by atomic mass is 32.2. The SMILES string of the molecule is CN(C1CCCCC1)S(=O)(=O)N1CCN(C(=O)OCc2ccccc2)CC1. The number of hydrogen-bond donors (Lipinski definition) is 0. The molecule has 0 atom stereocenters. The van der Waals surface area contributed by atoms with Crippen LogP contribution in [0, 0.1) is 0 Å². The maximum Gasteiger partial charge on any atom is 0.410 e. The Labute approximate surface area is 162 Å². The lowest BCUT2D eigenvalue weighted by atomic mass is 9.96. The molecule has 1 aromatic carbocycles. The molecule has 2 aliphatic rings. The second-order valence-electron chi connectivity index (χ2n) is 7.24. The first-order valence-corrected chi connectivity index (χ1v) is 11.1. The summed E-state index contributed by atoms with van der Waals surface area (Å²) in [5.74, 6) is 0. The minimum absolute atomic E-state index is 0.0950. The lowest BCUT2D eigenvalue weighted by Gasteiger charge is -2.38. The van der Waals surface area contributed by atoms with Gasteiger partial charge >= 0.3 is 6.09 Å². The van der Waals surface area contributed by atoms with Crippen molar-refractivity contribution in [2.45, 2.75) is 44.8 Å². The third-order valence-electron chi connectivity index (χ3n) is 5.48. The number of nitrogens with zero attached hydrogens (tertiary/aromatic N) is 3. The highest BCUT2D eigenvalue weighted by Crippen LogP contribution is 2.25. The predicted molar refractivity (Wildman–Crippen MR) is 103 cm³/mol. The summed E-state index contributed by atoms with van der Waals surface area (Å²) in [6.07, 6.45) is 4.84. The van der Waals surface area contributed by atoms with Crippen molar-refractivity contribution in [2.75, 3.05) is 33.2 Å². The normalized spacial score (nSPS) is 20.0. The molecule has 1 amide bonds. The number of rotatable bonds is 5. The van der Waals surface area contributed by atoms with Gasteiger partial charge in [-0.1, -0.05) is 49.6 Å². The van der Waals surface area contributed by atoms with E-state index in [0.717, 1.165) is 31.2 Å². The molecule has 1 heterocycles. The van der Waals surface area contributed by atoms with E-state index in [1.165, 1.54) is 15.0 Å². The molecule has 3 rings (SSSR count). The van der Waals surface area contributed by atoms with E-state index in [2.05, 4.69) is 0 Å². The van der Waals surface area contributed by atoms with E-state index in [-0.39, 0.29) is 12.6 Å². The number of ether oxygens (including phenoxy) is 1. The van der Waals surface area contributed by atoms with Crippen molar-refractivity contribution >= 4 is 16.3 Å². The van der Waals surface area contributed by atoms with E-state index in [0.29, 0.717) is 26.2 Å². The summed E-state index contributed by atoms with van der Waals surface area (Å²) < 4.78 is 34.1. The topological polar surface area (TPSA) is 70.2 Å². The quantitative estimate of drug-likeness (QED) is 0.768. The van der Waals surface area contributed by atoms with Gasteiger partial charge in [0.2, 0.25) is 0 Å². The van der Waals surface area contributed by atoms with Gasteiger partial charge < -0.3 is 9.64 Å². The first kappa shape index (κ1) is 20.1. The number of benzene rings is 1. The summed E-state index contributed by atoms with van der Waals surface area (Å²) in [6.45, 7) is 1.54. The Balaban J connectivity index is 1.49. The second kappa shape index (κ2) is 9.03. The van der Waals surface area contributed by atoms with Gasteiger partial charge in [0.25, 0.3) is 10.2 Å². The van der Waals surface area contributed by atoms with Crippen LogP contribution in [0.15, 0.2) is 30.3 Å². The molecule has 0 aromatic heterocycles. The van der Waals surface area contributed by atoms with Crippen molar-refractivity contribution in [3.05, 3.63) is 35.9 Å². The van der Waals surface area contributed by atoms with Crippen LogP contribution in [0.1, 0.15) is 37.7 Å². The Bertz CT molecular complexity index is 712. The Hall–Kier alpha value is -1.64. The summed E-state index contributed by atoms with van der Waals surface area (Å²) in [5.41, 5.74) is 0.932. The molecule has 150 valence electrons. The van der Waals surface area contributed by atoms with Gasteiger partial charge in [-0.25, -0.2) is 4.79 Å². The van der Waals surface area contributed by atoms with Gasteiger partial charge in [-0.2, -0.15) is 17.0 Å². The van der Waals surface area contributed by atoms with Crippen LogP contribution >= 0.6 is 0 Å². The zero-order valence-electron chi connectivity index (χ0n) is 15.9. The summed E-state index contributed by atoms with van der Waals surface area (Å²) >= 11 is 0. The zero-order chi connectivity index (χ0) is 19.3. The average molecular weight is 396 g/mol. The molecular weight excluding hydrogens is 366 g/mol. The van der Waals surface area contributed by atoms with E-state index < -0.39 is 16.3 Å². The van der Waals surface area contributed by atoms with E-state index >= 15 is 0 Å². The Morgan fingerprint density at radius 2 is 1.70 bits per heavy atom. The van der Waals surface area contributed by atoms with Crippen molar-refractivity contribution in [2.24, 2.45) is 0 Å². The van der Waals surface area contributed by atoms with Crippen molar-refractivity contribution in [1.82, 2.24) is 13.5 Å². The molecular formula is C19H29N3O4S. The van der Waals surface area contributed by atoms with E-state index in [1.54, 1.807) is 11.9 Å². The van der Waals surface area contributed by atoms with Crippen LogP contribution in [0.3, 0.4) is 0 Å². The third-order valence-corrected chi connectivity index (χ3v) is 7.52. The molecule has 1 saturated heterocycles. The van der Waals surface area contributed by atoms with Gasteiger partial charge in [-0.15, -0.1) is 0 Å². The van der Waals surface area contributed by atoms with Gasteiger partial charge in [-0.3, -0.25) is 0 Å². The first-order chi connectivity index (χ1) is 13.0. The number of carbonyl (C=O) groups is 1. The molecule has 0 spiro atoms. The highest BCUT2D eigenvalue weighted by Gasteiger charge is 2.35. The van der Waals surface area contributed by atoms with Gasteiger partial charge in [0, 0.05) is 39.3 Å². The molecule has 0 N–H and O–H groups in total. The van der Waals surface area contributed by atoms with Crippen molar-refractivity contribution in [3.63, 3.8) is 0 Å². The van der Waals surface area contributed by atoms with Crippen molar-refractivity contribution < 1.29 is 17.9 Å². The molecule has 1 aromatic rings. The molecule has 1 aliphatic carbocycles. The van der Waals surface area contributed by atoms with Gasteiger partial charge in [0.1, 0.15) is 6.61 Å². The van der Waals surface area contributed by atoms with E-state index in [4.69, 9.17) is 4.74 Å². The number of hydrogen-bond acceptors (Lipinski definition) is 4. The summed E-state index contributed by atoms with van der Waals surface area (Å²) in [5, 5.41) is 0. The predicted octanol–water partition coefficient (Wildman–Crippen LogP) is 2.45. The minimum atomic E-state index is -3.48. The molecule has 0 bridgehead atoms. The van der Waals surface area contributed by atoms with Gasteiger partial charge in [0.15, 0.2) is 0 Å². The molecule has 27 heavy (non-hydrogen) atoms. The number of piperazine rings is 1. The average Bonchev–Trinajstić information content (AvgIpc) is 2.73. The van der Waals surface area contributed by atoms with Crippen molar-refractivity contribution in [3.8, 4) is 0 Å². The summed E-state index contributed by atoms with van der Waals surface area (Å²) in [6, 6.07) is 9.61. The largest absolute Gasteiger partial charge is 0.445 e. The molecule has 7 nitrogen and oxygen atoms in total. The van der Waals surface area contributed by atoms with Crippen LogP contribution in [0.2, 0.25) is 0 Å². The number of carbonyl (C=O) groups excluding carboxylic acids is 1. The molecule has 8 heteroatoms. The second-order valence-corrected chi connectivity index (χ2v) is 9.23. The fourth-order valence-corrected chi connectivity index (χ4v) is 5.30. The van der Waals surface area contributed by atoms with E-state index in [9.17, 15) is 13.2 Å². The maximum atomic E-state index is 12.9. The summed E-state index contributed by atoms with van der Waals surface area (Å²) in [4.78, 5) is 13.8. The Morgan fingerprint density at radius 1 is 1.07 bits per heavy atom. The smallest absolute Gasteiger partial charge is 0.410 e. The monoisotopic (exact) mass is 395 g/mol. The fraction of sp³-hybridized carbons (Fsp3) is 0.632. The van der Waals surface area contributed by atoms with Crippen LogP contribution < -0.4 is 0 Å². The maximum absolute atomic E-state index is 12.9. The number of amides is 1. The van der Waals surface area contributed by atoms with Crippen LogP contribution in [-0.4, -0.2) is 67.3 Å². The molecule has 1 saturated carbocycles. The van der Waals surface area contributed by atoms with Gasteiger partial charge in [0.05, 0.1) is 0 Å². The fourth-order valence-electron chi connectivity index (χ4n) is 3.73. The molecule has 2 fully saturated rings. The van der Waals surface area contributed by atoms with E-state index in [1.807, 2.05) is 30.3 Å². The zero-order valence-corrected chi connectivity index (χ0v) is 16.7. The summed E-state index contributed by atoms with van der Waals surface area (Å²) in [7, 11) is -1.79. The van der Waals surface area contributed by atoms with Crippen LogP contribution in [-0.2, 0) is 21.6 Å². The lowest BCUT2D eigenvalue weighted by molar-refractivity contribution is 0.0827.